The Morgan fingerprint density at radius 2 is 1.76 bits per heavy atom. The number of hydrogen-bond acceptors (Lipinski definition) is 7. The number of aromatic nitrogens is 2. The summed E-state index contributed by atoms with van der Waals surface area (Å²) in [6.45, 7) is 3.68. The predicted octanol–water partition coefficient (Wildman–Crippen LogP) is 4.22. The minimum absolute atomic E-state index is 0.286. The molecule has 186 valence electrons. The van der Waals surface area contributed by atoms with E-state index < -0.39 is 11.8 Å². The van der Waals surface area contributed by atoms with Gasteiger partial charge in [0.15, 0.2) is 0 Å². The Morgan fingerprint density at radius 1 is 1.00 bits per heavy atom. The molecule has 4 rings (SSSR count). The number of methoxy groups -OCH3 is 1. The molecule has 0 aromatic carbocycles. The Kier molecular flexibility index (Phi) is 9.01. The number of hydrogen-bond donors (Lipinski definition) is 3. The van der Waals surface area contributed by atoms with Crippen LogP contribution in [0.3, 0.4) is 0 Å². The van der Waals surface area contributed by atoms with E-state index in [0.717, 1.165) is 58.3 Å². The molecule has 7 nitrogen and oxygen atoms in total. The molecule has 2 fully saturated rings. The maximum absolute atomic E-state index is 14.7. The van der Waals surface area contributed by atoms with E-state index in [9.17, 15) is 8.78 Å². The monoisotopic (exact) mass is 475 g/mol. The van der Waals surface area contributed by atoms with Gasteiger partial charge in [0.1, 0.15) is 11.6 Å². The van der Waals surface area contributed by atoms with Crippen molar-refractivity contribution in [1.82, 2.24) is 15.3 Å². The van der Waals surface area contributed by atoms with E-state index in [0.29, 0.717) is 42.1 Å². The standard InChI is InChI=1S/C25H35F2N5O2/c1-33-11-8-28-19-2-4-20(5-3-19)32-24-13-21(22(26)16-30-24)18-12-23(25(27)31-15-18)29-14-17-6-9-34-10-7-17/h12-13,15-17,19-20,28-29H,2-11,14H2,1H3,(H,30,32)/t19-,20-. The van der Waals surface area contributed by atoms with E-state index in [1.807, 2.05) is 0 Å². The van der Waals surface area contributed by atoms with Crippen molar-refractivity contribution in [3.63, 3.8) is 0 Å². The highest BCUT2D eigenvalue weighted by molar-refractivity contribution is 5.69. The molecule has 2 aromatic heterocycles. The van der Waals surface area contributed by atoms with Crippen LogP contribution < -0.4 is 16.0 Å². The van der Waals surface area contributed by atoms with Gasteiger partial charge in [-0.05, 0) is 56.6 Å². The molecular weight excluding hydrogens is 440 g/mol. The van der Waals surface area contributed by atoms with Crippen molar-refractivity contribution < 1.29 is 18.3 Å². The highest BCUT2D eigenvalue weighted by atomic mass is 19.1. The lowest BCUT2D eigenvalue weighted by atomic mass is 9.91. The van der Waals surface area contributed by atoms with Gasteiger partial charge in [-0.2, -0.15) is 4.39 Å². The molecule has 2 aromatic rings. The minimum atomic E-state index is -0.584. The summed E-state index contributed by atoms with van der Waals surface area (Å²) >= 11 is 0. The van der Waals surface area contributed by atoms with Crippen LogP contribution in [-0.2, 0) is 9.47 Å². The van der Waals surface area contributed by atoms with Crippen molar-refractivity contribution >= 4 is 11.5 Å². The van der Waals surface area contributed by atoms with Crippen molar-refractivity contribution in [2.45, 2.75) is 50.6 Å². The Labute approximate surface area is 200 Å². The number of ether oxygens (including phenoxy) is 2. The van der Waals surface area contributed by atoms with Crippen molar-refractivity contribution in [1.29, 1.82) is 0 Å². The Hall–Kier alpha value is -2.36. The van der Waals surface area contributed by atoms with Crippen LogP contribution in [-0.4, -0.2) is 62.1 Å². The molecule has 0 unspecified atom stereocenters. The van der Waals surface area contributed by atoms with Gasteiger partial charge < -0.3 is 25.4 Å². The van der Waals surface area contributed by atoms with Crippen LogP contribution in [0.1, 0.15) is 38.5 Å². The average molecular weight is 476 g/mol. The molecule has 1 aliphatic heterocycles. The Morgan fingerprint density at radius 3 is 2.53 bits per heavy atom. The zero-order valence-corrected chi connectivity index (χ0v) is 19.8. The molecule has 0 amide bonds. The highest BCUT2D eigenvalue weighted by Gasteiger charge is 2.21. The van der Waals surface area contributed by atoms with E-state index in [2.05, 4.69) is 25.9 Å². The first-order chi connectivity index (χ1) is 16.6. The van der Waals surface area contributed by atoms with E-state index >= 15 is 0 Å². The van der Waals surface area contributed by atoms with Gasteiger partial charge >= 0.3 is 0 Å². The van der Waals surface area contributed by atoms with Crippen molar-refractivity contribution in [2.24, 2.45) is 5.92 Å². The molecule has 9 heteroatoms. The van der Waals surface area contributed by atoms with Crippen LogP contribution in [0.15, 0.2) is 24.5 Å². The van der Waals surface area contributed by atoms with Gasteiger partial charge in [-0.25, -0.2) is 14.4 Å². The van der Waals surface area contributed by atoms with Gasteiger partial charge in [0.2, 0.25) is 5.95 Å². The fourth-order valence-corrected chi connectivity index (χ4v) is 4.68. The summed E-state index contributed by atoms with van der Waals surface area (Å²) in [5.74, 6) is 0.00338. The fraction of sp³-hybridized carbons (Fsp3) is 0.600. The summed E-state index contributed by atoms with van der Waals surface area (Å²) in [6.07, 6.45) is 8.64. The van der Waals surface area contributed by atoms with Gasteiger partial charge in [0.05, 0.1) is 18.5 Å². The Balaban J connectivity index is 1.38. The summed E-state index contributed by atoms with van der Waals surface area (Å²) in [6, 6.07) is 4.10. The topological polar surface area (TPSA) is 80.3 Å². The fourth-order valence-electron chi connectivity index (χ4n) is 4.68. The summed E-state index contributed by atoms with van der Waals surface area (Å²) in [5.41, 5.74) is 1.16. The second-order valence-electron chi connectivity index (χ2n) is 9.19. The normalized spacial score (nSPS) is 21.4. The summed E-state index contributed by atoms with van der Waals surface area (Å²) in [5, 5.41) is 10.1. The molecule has 1 saturated heterocycles. The van der Waals surface area contributed by atoms with Crippen molar-refractivity contribution in [2.75, 3.05) is 50.7 Å². The van der Waals surface area contributed by atoms with Gasteiger partial charge in [0, 0.05) is 62.8 Å². The largest absolute Gasteiger partial charge is 0.383 e. The number of nitrogens with zero attached hydrogens (tertiary/aromatic N) is 2. The quantitative estimate of drug-likeness (QED) is 0.351. The van der Waals surface area contributed by atoms with Crippen LogP contribution in [0.5, 0.6) is 0 Å². The van der Waals surface area contributed by atoms with Gasteiger partial charge in [0.25, 0.3) is 0 Å². The average Bonchev–Trinajstić information content (AvgIpc) is 2.87. The SMILES string of the molecule is COCCN[C@H]1CC[C@H](Nc2cc(-c3cnc(F)c(NCC4CCOCC4)c3)c(F)cn2)CC1. The van der Waals surface area contributed by atoms with Gasteiger partial charge in [-0.1, -0.05) is 0 Å². The van der Waals surface area contributed by atoms with E-state index in [-0.39, 0.29) is 11.7 Å². The maximum atomic E-state index is 14.7. The smallest absolute Gasteiger partial charge is 0.236 e. The van der Waals surface area contributed by atoms with Crippen LogP contribution >= 0.6 is 0 Å². The summed E-state index contributed by atoms with van der Waals surface area (Å²) in [7, 11) is 1.71. The van der Waals surface area contributed by atoms with Crippen LogP contribution in [0.2, 0.25) is 0 Å². The third kappa shape index (κ3) is 6.84. The highest BCUT2D eigenvalue weighted by Crippen LogP contribution is 2.29. The molecule has 2 aliphatic rings. The molecule has 3 heterocycles. The molecule has 1 aliphatic carbocycles. The minimum Gasteiger partial charge on any atom is -0.383 e. The number of rotatable bonds is 10. The maximum Gasteiger partial charge on any atom is 0.236 e. The molecule has 0 radical (unpaired) electrons. The van der Waals surface area contributed by atoms with Crippen molar-refractivity contribution in [3.8, 4) is 11.1 Å². The lowest BCUT2D eigenvalue weighted by Gasteiger charge is -2.30. The van der Waals surface area contributed by atoms with E-state index in [1.165, 1.54) is 12.4 Å². The van der Waals surface area contributed by atoms with Crippen molar-refractivity contribution in [3.05, 3.63) is 36.3 Å². The van der Waals surface area contributed by atoms with Crippen LogP contribution in [0.25, 0.3) is 11.1 Å². The molecule has 0 bridgehead atoms. The van der Waals surface area contributed by atoms with E-state index in [4.69, 9.17) is 9.47 Å². The van der Waals surface area contributed by atoms with E-state index in [1.54, 1.807) is 19.2 Å². The lowest BCUT2D eigenvalue weighted by molar-refractivity contribution is 0.0699. The molecular formula is C25H35F2N5O2. The number of nitrogens with one attached hydrogen (secondary N) is 3. The molecule has 3 N–H and O–H groups in total. The predicted molar refractivity (Wildman–Crippen MR) is 129 cm³/mol. The molecule has 34 heavy (non-hydrogen) atoms. The molecule has 1 saturated carbocycles. The summed E-state index contributed by atoms with van der Waals surface area (Å²) < 4.78 is 39.5. The first-order valence-corrected chi connectivity index (χ1v) is 12.2. The third-order valence-electron chi connectivity index (χ3n) is 6.75. The first-order valence-electron chi connectivity index (χ1n) is 12.2. The van der Waals surface area contributed by atoms with Gasteiger partial charge in [-0.15, -0.1) is 0 Å². The Bertz CT molecular complexity index is 918. The van der Waals surface area contributed by atoms with Crippen LogP contribution in [0, 0.1) is 17.7 Å². The van der Waals surface area contributed by atoms with Crippen LogP contribution in [0.4, 0.5) is 20.3 Å². The molecule has 0 spiro atoms. The number of anilines is 2. The zero-order chi connectivity index (χ0) is 23.8. The lowest BCUT2D eigenvalue weighted by Crippen LogP contribution is -2.38. The second kappa shape index (κ2) is 12.4. The van der Waals surface area contributed by atoms with Gasteiger partial charge in [-0.3, -0.25) is 0 Å². The third-order valence-corrected chi connectivity index (χ3v) is 6.75. The number of halogens is 2. The number of pyridine rings is 2. The summed E-state index contributed by atoms with van der Waals surface area (Å²) in [4.78, 5) is 8.10. The zero-order valence-electron chi connectivity index (χ0n) is 19.8. The first kappa shape index (κ1) is 24.8. The second-order valence-corrected chi connectivity index (χ2v) is 9.19. The molecule has 0 atom stereocenters.